The first-order valence-corrected chi connectivity index (χ1v) is 21.2. The molecule has 51 heavy (non-hydrogen) atoms. The molecule has 0 aliphatic rings. The average Bonchev–Trinajstić information content (AvgIpc) is 3.14. The number of unbranched alkanes of at least 4 members (excludes halogenated alkanes) is 16. The predicted molar refractivity (Wildman–Crippen MR) is 223 cm³/mol. The second-order valence-corrected chi connectivity index (χ2v) is 13.7. The smallest absolute Gasteiger partial charge is 0.306 e. The van der Waals surface area contributed by atoms with Crippen LogP contribution in [0, 0.1) is 0 Å². The van der Waals surface area contributed by atoms with Crippen molar-refractivity contribution in [3.63, 3.8) is 0 Å². The number of hydrogen-bond donors (Lipinski definition) is 1. The Kier molecular flexibility index (Phi) is 41.6. The van der Waals surface area contributed by atoms with Gasteiger partial charge in [0.05, 0.1) is 13.2 Å². The van der Waals surface area contributed by atoms with Crippen LogP contribution < -0.4 is 0 Å². The van der Waals surface area contributed by atoms with Gasteiger partial charge >= 0.3 is 5.97 Å². The van der Waals surface area contributed by atoms with Crippen molar-refractivity contribution in [2.75, 3.05) is 19.8 Å². The molecule has 0 saturated heterocycles. The largest absolute Gasteiger partial charge is 0.457 e. The number of aliphatic hydroxyl groups is 1. The Labute approximate surface area is 316 Å². The highest BCUT2D eigenvalue weighted by molar-refractivity contribution is 5.69. The summed E-state index contributed by atoms with van der Waals surface area (Å²) in [7, 11) is 0. The van der Waals surface area contributed by atoms with Gasteiger partial charge in [-0.25, -0.2) is 0 Å². The number of rotatable bonds is 38. The molecule has 0 aliphatic carbocycles. The maximum atomic E-state index is 12.2. The van der Waals surface area contributed by atoms with E-state index in [1.54, 1.807) is 0 Å². The standard InChI is InChI=1S/C47H80O4/c1-3-5-7-9-11-13-15-17-19-20-21-22-23-24-25-26-27-28-29-30-32-34-36-38-40-42-47(49)51-46(44-48)45-50-43-41-39-37-35-33-31-18-16-14-12-10-8-6-4-2/h6,8,12,14-15,17-18,20-21,23-24,31,35,37,46,48H,3-5,7,9-11,13,16,19,22,25-30,32-34,36,38-45H2,1-2H3/b8-6-,14-12-,17-15-,21-20-,24-23-,31-18-,37-35-. The first-order chi connectivity index (χ1) is 25.2. The second-order valence-electron chi connectivity index (χ2n) is 13.7. The molecule has 1 N–H and O–H groups in total. The van der Waals surface area contributed by atoms with Crippen molar-refractivity contribution in [3.05, 3.63) is 85.1 Å². The van der Waals surface area contributed by atoms with Gasteiger partial charge in [-0.1, -0.05) is 176 Å². The number of aliphatic hydroxyl groups excluding tert-OH is 1. The fourth-order valence-electron chi connectivity index (χ4n) is 5.57. The minimum absolute atomic E-state index is 0.200. The summed E-state index contributed by atoms with van der Waals surface area (Å²) in [4.78, 5) is 12.2. The zero-order valence-corrected chi connectivity index (χ0v) is 33.3. The number of allylic oxidation sites excluding steroid dienone is 14. The van der Waals surface area contributed by atoms with E-state index < -0.39 is 6.10 Å². The number of esters is 1. The number of carbonyl (C=O) groups is 1. The van der Waals surface area contributed by atoms with Gasteiger partial charge in [0.2, 0.25) is 0 Å². The minimum Gasteiger partial charge on any atom is -0.457 e. The zero-order valence-electron chi connectivity index (χ0n) is 33.3. The molecular formula is C47H80O4. The van der Waals surface area contributed by atoms with Gasteiger partial charge in [0.1, 0.15) is 6.10 Å². The summed E-state index contributed by atoms with van der Waals surface area (Å²) in [5, 5.41) is 9.58. The highest BCUT2D eigenvalue weighted by Crippen LogP contribution is 2.13. The average molecular weight is 709 g/mol. The van der Waals surface area contributed by atoms with Gasteiger partial charge in [0.25, 0.3) is 0 Å². The monoisotopic (exact) mass is 709 g/mol. The van der Waals surface area contributed by atoms with E-state index in [0.29, 0.717) is 13.0 Å². The summed E-state index contributed by atoms with van der Waals surface area (Å²) in [6.07, 6.45) is 60.8. The Hall–Kier alpha value is -2.43. The lowest BCUT2D eigenvalue weighted by atomic mass is 10.0. The van der Waals surface area contributed by atoms with Gasteiger partial charge in [-0.05, 0) is 83.5 Å². The van der Waals surface area contributed by atoms with Crippen LogP contribution in [0.1, 0.15) is 181 Å². The van der Waals surface area contributed by atoms with Crippen LogP contribution in [0.3, 0.4) is 0 Å². The third kappa shape index (κ3) is 41.9. The molecule has 0 aromatic rings. The third-order valence-corrected chi connectivity index (χ3v) is 8.70. The summed E-state index contributed by atoms with van der Waals surface area (Å²) < 4.78 is 11.1. The Morgan fingerprint density at radius 3 is 1.33 bits per heavy atom. The van der Waals surface area contributed by atoms with Gasteiger partial charge in [-0.3, -0.25) is 4.79 Å². The molecule has 0 aromatic carbocycles. The van der Waals surface area contributed by atoms with Crippen LogP contribution in [0.25, 0.3) is 0 Å². The van der Waals surface area contributed by atoms with Crippen LogP contribution in [0.15, 0.2) is 85.1 Å². The SMILES string of the molecule is CC/C=C\C/C=C\C/C=C\C/C=C\CCCOCC(CO)OC(=O)CCCCCCCCCCCC/C=C\C/C=C\C/C=C\CCCCCCC. The van der Waals surface area contributed by atoms with Crippen molar-refractivity contribution in [2.24, 2.45) is 0 Å². The lowest BCUT2D eigenvalue weighted by Gasteiger charge is -2.15. The molecule has 0 fully saturated rings. The highest BCUT2D eigenvalue weighted by Gasteiger charge is 2.13. The maximum Gasteiger partial charge on any atom is 0.306 e. The van der Waals surface area contributed by atoms with Crippen molar-refractivity contribution in [2.45, 2.75) is 187 Å². The molecule has 0 spiro atoms. The Morgan fingerprint density at radius 2 is 0.882 bits per heavy atom. The zero-order chi connectivity index (χ0) is 37.0. The van der Waals surface area contributed by atoms with E-state index in [1.165, 1.54) is 96.3 Å². The fraction of sp³-hybridized carbons (Fsp3) is 0.681. The van der Waals surface area contributed by atoms with Crippen LogP contribution in [0.5, 0.6) is 0 Å². The summed E-state index contributed by atoms with van der Waals surface area (Å²) >= 11 is 0. The molecular weight excluding hydrogens is 629 g/mol. The molecule has 0 aromatic heterocycles. The van der Waals surface area contributed by atoms with E-state index in [2.05, 4.69) is 98.9 Å². The van der Waals surface area contributed by atoms with Crippen molar-refractivity contribution in [1.29, 1.82) is 0 Å². The van der Waals surface area contributed by atoms with Crippen LogP contribution in [-0.2, 0) is 14.3 Å². The summed E-state index contributed by atoms with van der Waals surface area (Å²) in [6.45, 7) is 5.07. The molecule has 1 atom stereocenters. The third-order valence-electron chi connectivity index (χ3n) is 8.70. The van der Waals surface area contributed by atoms with E-state index in [-0.39, 0.29) is 19.2 Å². The molecule has 0 amide bonds. The van der Waals surface area contributed by atoms with Crippen LogP contribution >= 0.6 is 0 Å². The Balaban J connectivity index is 3.52. The topological polar surface area (TPSA) is 55.8 Å². The normalized spacial score (nSPS) is 13.2. The van der Waals surface area contributed by atoms with E-state index >= 15 is 0 Å². The number of carbonyl (C=O) groups excluding carboxylic acids is 1. The molecule has 0 saturated carbocycles. The molecule has 292 valence electrons. The lowest BCUT2D eigenvalue weighted by molar-refractivity contribution is -0.154. The number of ether oxygens (including phenoxy) is 2. The van der Waals surface area contributed by atoms with Crippen molar-refractivity contribution in [3.8, 4) is 0 Å². The molecule has 1 unspecified atom stereocenters. The number of hydrogen-bond acceptors (Lipinski definition) is 4. The van der Waals surface area contributed by atoms with Gasteiger partial charge < -0.3 is 14.6 Å². The summed E-state index contributed by atoms with van der Waals surface area (Å²) in [5.74, 6) is -0.227. The molecule has 0 radical (unpaired) electrons. The first-order valence-electron chi connectivity index (χ1n) is 21.2. The van der Waals surface area contributed by atoms with Gasteiger partial charge in [0, 0.05) is 13.0 Å². The van der Waals surface area contributed by atoms with Crippen molar-refractivity contribution in [1.82, 2.24) is 0 Å². The lowest BCUT2D eigenvalue weighted by Crippen LogP contribution is -2.27. The second kappa shape index (κ2) is 43.7. The molecule has 0 aliphatic heterocycles. The minimum atomic E-state index is -0.569. The fourth-order valence-corrected chi connectivity index (χ4v) is 5.57. The summed E-state index contributed by atoms with van der Waals surface area (Å²) in [5.41, 5.74) is 0. The van der Waals surface area contributed by atoms with E-state index in [0.717, 1.165) is 64.2 Å². The van der Waals surface area contributed by atoms with Crippen LogP contribution in [0.4, 0.5) is 0 Å². The molecule has 0 rings (SSSR count). The van der Waals surface area contributed by atoms with Crippen LogP contribution in [-0.4, -0.2) is 37.0 Å². The van der Waals surface area contributed by atoms with Crippen molar-refractivity contribution >= 4 is 5.97 Å². The van der Waals surface area contributed by atoms with E-state index in [4.69, 9.17) is 9.47 Å². The van der Waals surface area contributed by atoms with Gasteiger partial charge in [-0.15, -0.1) is 0 Å². The molecule has 4 nitrogen and oxygen atoms in total. The summed E-state index contributed by atoms with van der Waals surface area (Å²) in [6, 6.07) is 0. The molecule has 0 heterocycles. The van der Waals surface area contributed by atoms with Gasteiger partial charge in [-0.2, -0.15) is 0 Å². The van der Waals surface area contributed by atoms with Gasteiger partial charge in [0.15, 0.2) is 0 Å². The van der Waals surface area contributed by atoms with E-state index in [1.807, 2.05) is 0 Å². The Morgan fingerprint density at radius 1 is 0.490 bits per heavy atom. The predicted octanol–water partition coefficient (Wildman–Crippen LogP) is 14.0. The van der Waals surface area contributed by atoms with Crippen molar-refractivity contribution < 1.29 is 19.4 Å². The Bertz CT molecular complexity index is 923. The molecule has 0 bridgehead atoms. The molecule has 4 heteroatoms. The van der Waals surface area contributed by atoms with Crippen LogP contribution in [0.2, 0.25) is 0 Å². The maximum absolute atomic E-state index is 12.2. The first kappa shape index (κ1) is 48.6. The van der Waals surface area contributed by atoms with E-state index in [9.17, 15) is 9.90 Å². The highest BCUT2D eigenvalue weighted by atomic mass is 16.6. The quantitative estimate of drug-likeness (QED) is 0.0394.